The van der Waals surface area contributed by atoms with E-state index in [2.05, 4.69) is 26.1 Å². The maximum atomic E-state index is 13.0. The van der Waals surface area contributed by atoms with Crippen LogP contribution in [0.1, 0.15) is 16.9 Å². The Balaban J connectivity index is 1.56. The molecule has 31 heavy (non-hydrogen) atoms. The number of furan rings is 1. The second-order valence-electron chi connectivity index (χ2n) is 6.56. The fourth-order valence-electron chi connectivity index (χ4n) is 2.84. The molecule has 0 saturated carbocycles. The van der Waals surface area contributed by atoms with E-state index in [1.165, 1.54) is 11.8 Å². The zero-order valence-corrected chi connectivity index (χ0v) is 18.8. The monoisotopic (exact) mass is 491 g/mol. The SMILES string of the molecule is O=C1/C(=C/C=C/c2ccccc2)S/C(=N/N=C\c2cccc(Br)c2)N1Cc1ccco1. The summed E-state index contributed by atoms with van der Waals surface area (Å²) >= 11 is 4.73. The second kappa shape index (κ2) is 10.2. The van der Waals surface area contributed by atoms with Gasteiger partial charge in [0.15, 0.2) is 5.17 Å². The van der Waals surface area contributed by atoms with Crippen LogP contribution in [0.4, 0.5) is 0 Å². The first-order valence-corrected chi connectivity index (χ1v) is 11.1. The predicted octanol–water partition coefficient (Wildman–Crippen LogP) is 6.10. The summed E-state index contributed by atoms with van der Waals surface area (Å²) < 4.78 is 6.38. The number of hydrogen-bond donors (Lipinski definition) is 0. The molecule has 0 N–H and O–H groups in total. The number of rotatable bonds is 6. The van der Waals surface area contributed by atoms with Gasteiger partial charge in [-0.2, -0.15) is 5.10 Å². The van der Waals surface area contributed by atoms with Crippen LogP contribution >= 0.6 is 27.7 Å². The van der Waals surface area contributed by atoms with Gasteiger partial charge >= 0.3 is 0 Å². The number of carbonyl (C=O) groups excluding carboxylic acids is 1. The fraction of sp³-hybridized carbons (Fsp3) is 0.0417. The summed E-state index contributed by atoms with van der Waals surface area (Å²) in [4.78, 5) is 15.1. The number of carbonyl (C=O) groups is 1. The van der Waals surface area contributed by atoms with Gasteiger partial charge in [0.05, 0.1) is 23.9 Å². The fourth-order valence-corrected chi connectivity index (χ4v) is 4.14. The largest absolute Gasteiger partial charge is 0.467 e. The Hall–Kier alpha value is -3.16. The highest BCUT2D eigenvalue weighted by Gasteiger charge is 2.33. The Bertz CT molecular complexity index is 1170. The van der Waals surface area contributed by atoms with Gasteiger partial charge in [-0.1, -0.05) is 70.5 Å². The van der Waals surface area contributed by atoms with Crippen LogP contribution in [0.5, 0.6) is 0 Å². The van der Waals surface area contributed by atoms with E-state index < -0.39 is 0 Å². The Morgan fingerprint density at radius 2 is 1.87 bits per heavy atom. The van der Waals surface area contributed by atoms with Gasteiger partial charge in [0.1, 0.15) is 5.76 Å². The van der Waals surface area contributed by atoms with Crippen molar-refractivity contribution in [1.82, 2.24) is 4.90 Å². The maximum absolute atomic E-state index is 13.0. The molecule has 1 fully saturated rings. The minimum Gasteiger partial charge on any atom is -0.467 e. The van der Waals surface area contributed by atoms with Gasteiger partial charge in [-0.05, 0) is 53.2 Å². The topological polar surface area (TPSA) is 58.2 Å². The highest BCUT2D eigenvalue weighted by Crippen LogP contribution is 2.32. The van der Waals surface area contributed by atoms with E-state index in [-0.39, 0.29) is 5.91 Å². The molecular formula is C24H18BrN3O2S. The summed E-state index contributed by atoms with van der Waals surface area (Å²) in [7, 11) is 0. The van der Waals surface area contributed by atoms with E-state index in [1.54, 1.807) is 29.5 Å². The van der Waals surface area contributed by atoms with Crippen molar-refractivity contribution >= 4 is 51.1 Å². The molecule has 2 heterocycles. The number of halogens is 1. The van der Waals surface area contributed by atoms with Crippen LogP contribution < -0.4 is 0 Å². The standard InChI is InChI=1S/C24H18BrN3O2S/c25-20-11-4-10-19(15-20)16-26-27-24-28(17-21-12-6-14-30-21)23(29)22(31-24)13-5-9-18-7-2-1-3-8-18/h1-16H,17H2/b9-5+,22-13-,26-16-,27-24+. The summed E-state index contributed by atoms with van der Waals surface area (Å²) in [5.41, 5.74) is 1.97. The van der Waals surface area contributed by atoms with Crippen LogP contribution in [0.3, 0.4) is 0 Å². The molecule has 4 rings (SSSR count). The van der Waals surface area contributed by atoms with Crippen molar-refractivity contribution in [1.29, 1.82) is 0 Å². The van der Waals surface area contributed by atoms with Crippen molar-refractivity contribution in [3.8, 4) is 0 Å². The first-order chi connectivity index (χ1) is 15.2. The first kappa shape index (κ1) is 21.1. The van der Waals surface area contributed by atoms with Crippen molar-refractivity contribution in [2.45, 2.75) is 6.54 Å². The average Bonchev–Trinajstić information content (AvgIpc) is 3.39. The Morgan fingerprint density at radius 3 is 2.65 bits per heavy atom. The van der Waals surface area contributed by atoms with Gasteiger partial charge in [-0.3, -0.25) is 9.69 Å². The number of amidine groups is 1. The van der Waals surface area contributed by atoms with Gasteiger partial charge in [-0.15, -0.1) is 5.10 Å². The summed E-state index contributed by atoms with van der Waals surface area (Å²) in [6.45, 7) is 0.295. The highest BCUT2D eigenvalue weighted by atomic mass is 79.9. The molecule has 3 aromatic rings. The number of hydrogen-bond acceptors (Lipinski definition) is 5. The zero-order chi connectivity index (χ0) is 21.5. The third kappa shape index (κ3) is 5.71. The average molecular weight is 492 g/mol. The highest BCUT2D eigenvalue weighted by molar-refractivity contribution is 9.10. The smallest absolute Gasteiger partial charge is 0.267 e. The van der Waals surface area contributed by atoms with Gasteiger partial charge in [-0.25, -0.2) is 0 Å². The molecule has 0 atom stereocenters. The van der Waals surface area contributed by atoms with Crippen molar-refractivity contribution < 1.29 is 9.21 Å². The molecule has 2 aromatic carbocycles. The molecule has 7 heteroatoms. The van der Waals surface area contributed by atoms with Gasteiger partial charge in [0.2, 0.25) is 0 Å². The summed E-state index contributed by atoms with van der Waals surface area (Å²) in [5, 5.41) is 9.01. The van der Waals surface area contributed by atoms with Gasteiger partial charge in [0.25, 0.3) is 5.91 Å². The van der Waals surface area contributed by atoms with E-state index in [0.29, 0.717) is 22.4 Å². The van der Waals surface area contributed by atoms with E-state index in [9.17, 15) is 4.79 Å². The number of nitrogens with zero attached hydrogens (tertiary/aromatic N) is 3. The minimum absolute atomic E-state index is 0.129. The number of benzene rings is 2. The summed E-state index contributed by atoms with van der Waals surface area (Å²) in [6.07, 6.45) is 8.87. The third-order valence-corrected chi connectivity index (χ3v) is 5.83. The van der Waals surface area contributed by atoms with Crippen LogP contribution in [-0.4, -0.2) is 22.2 Å². The van der Waals surface area contributed by atoms with E-state index in [1.807, 2.05) is 72.8 Å². The lowest BCUT2D eigenvalue weighted by Crippen LogP contribution is -2.28. The minimum atomic E-state index is -0.129. The molecule has 1 aliphatic heterocycles. The van der Waals surface area contributed by atoms with Crippen LogP contribution in [0.2, 0.25) is 0 Å². The van der Waals surface area contributed by atoms with E-state index in [0.717, 1.165) is 15.6 Å². The predicted molar refractivity (Wildman–Crippen MR) is 130 cm³/mol. The van der Waals surface area contributed by atoms with Crippen molar-refractivity contribution in [2.75, 3.05) is 0 Å². The third-order valence-electron chi connectivity index (χ3n) is 4.32. The van der Waals surface area contributed by atoms with Crippen molar-refractivity contribution in [2.24, 2.45) is 10.2 Å². The van der Waals surface area contributed by atoms with E-state index >= 15 is 0 Å². The molecule has 1 aromatic heterocycles. The molecule has 5 nitrogen and oxygen atoms in total. The van der Waals surface area contributed by atoms with Crippen molar-refractivity contribution in [3.63, 3.8) is 0 Å². The van der Waals surface area contributed by atoms with Crippen LogP contribution in [0, 0.1) is 0 Å². The molecule has 0 bridgehead atoms. The van der Waals surface area contributed by atoms with Crippen molar-refractivity contribution in [3.05, 3.63) is 111 Å². The molecule has 154 valence electrons. The molecule has 0 radical (unpaired) electrons. The summed E-state index contributed by atoms with van der Waals surface area (Å²) in [5.74, 6) is 0.550. The first-order valence-electron chi connectivity index (χ1n) is 9.51. The Morgan fingerprint density at radius 1 is 1.03 bits per heavy atom. The normalized spacial score (nSPS) is 17.1. The summed E-state index contributed by atoms with van der Waals surface area (Å²) in [6, 6.07) is 21.3. The number of allylic oxidation sites excluding steroid dienone is 2. The molecule has 0 aliphatic carbocycles. The molecule has 1 saturated heterocycles. The van der Waals surface area contributed by atoms with Crippen LogP contribution in [-0.2, 0) is 11.3 Å². The molecule has 1 amide bonds. The van der Waals surface area contributed by atoms with Crippen LogP contribution in [0.15, 0.2) is 109 Å². The van der Waals surface area contributed by atoms with Gasteiger partial charge < -0.3 is 4.42 Å². The lowest BCUT2D eigenvalue weighted by Gasteiger charge is -2.12. The molecular weight excluding hydrogens is 474 g/mol. The lowest BCUT2D eigenvalue weighted by molar-refractivity contribution is -0.122. The molecule has 0 spiro atoms. The Labute approximate surface area is 193 Å². The quantitative estimate of drug-likeness (QED) is 0.237. The maximum Gasteiger partial charge on any atom is 0.267 e. The Kier molecular flexibility index (Phi) is 6.96. The number of thioether (sulfide) groups is 1. The zero-order valence-electron chi connectivity index (χ0n) is 16.4. The molecule has 1 aliphatic rings. The second-order valence-corrected chi connectivity index (χ2v) is 8.48. The molecule has 0 unspecified atom stereocenters. The van der Waals surface area contributed by atoms with Gasteiger partial charge in [0, 0.05) is 4.47 Å². The number of amides is 1. The van der Waals surface area contributed by atoms with E-state index in [4.69, 9.17) is 4.42 Å². The van der Waals surface area contributed by atoms with Crippen LogP contribution in [0.25, 0.3) is 6.08 Å². The lowest BCUT2D eigenvalue weighted by atomic mass is 10.2.